The lowest BCUT2D eigenvalue weighted by Crippen LogP contribution is -1.96. The number of hydrogen-bond acceptors (Lipinski definition) is 4. The first-order chi connectivity index (χ1) is 8.60. The van der Waals surface area contributed by atoms with Crippen molar-refractivity contribution in [2.75, 3.05) is 7.11 Å². The Kier molecular flexibility index (Phi) is 3.72. The lowest BCUT2D eigenvalue weighted by Gasteiger charge is -2.05. The number of nitrogens with zero attached hydrogens (tertiary/aromatic N) is 1. The van der Waals surface area contributed by atoms with E-state index in [1.807, 2.05) is 0 Å². The van der Waals surface area contributed by atoms with Crippen molar-refractivity contribution in [3.8, 4) is 16.3 Å². The molecule has 5 heteroatoms. The van der Waals surface area contributed by atoms with Gasteiger partial charge >= 0.3 is 0 Å². The predicted octanol–water partition coefficient (Wildman–Crippen LogP) is 3.09. The number of ketones is 1. The normalized spacial score (nSPS) is 10.4. The van der Waals surface area contributed by atoms with Gasteiger partial charge in [0.25, 0.3) is 0 Å². The number of Topliss-reactive ketones (excluding diaryl/α,β-unsaturated/α-hetero) is 1. The maximum Gasteiger partial charge on any atom is 0.135 e. The molecular weight excluding hydrogens is 253 g/mol. The Balaban J connectivity index is 2.38. The fourth-order valence-corrected chi connectivity index (χ4v) is 2.45. The summed E-state index contributed by atoms with van der Waals surface area (Å²) >= 11 is 1.37. The second kappa shape index (κ2) is 5.27. The number of thiazole rings is 1. The summed E-state index contributed by atoms with van der Waals surface area (Å²) in [5.74, 6) is 0.285. The third-order valence-corrected chi connectivity index (χ3v) is 3.30. The van der Waals surface area contributed by atoms with Crippen molar-refractivity contribution in [3.63, 3.8) is 0 Å². The molecule has 1 heterocycles. The molecule has 0 aliphatic carbocycles. The van der Waals surface area contributed by atoms with Gasteiger partial charge in [-0.1, -0.05) is 0 Å². The molecule has 0 unspecified atom stereocenters. The molecule has 1 aromatic carbocycles. The molecule has 3 nitrogen and oxygen atoms in total. The average molecular weight is 265 g/mol. The molecule has 0 atom stereocenters. The van der Waals surface area contributed by atoms with Crippen LogP contribution in [0.3, 0.4) is 0 Å². The number of carbonyl (C=O) groups excluding carboxylic acids is 1. The van der Waals surface area contributed by atoms with Crippen LogP contribution in [0.2, 0.25) is 0 Å². The number of aromatic nitrogens is 1. The molecule has 0 aliphatic rings. The highest BCUT2D eigenvalue weighted by Gasteiger charge is 2.12. The first kappa shape index (κ1) is 12.7. The SMILES string of the molecule is COc1ccc(F)cc1-c1nc(CC(C)=O)cs1. The molecule has 0 amide bonds. The Morgan fingerprint density at radius 2 is 2.28 bits per heavy atom. The number of carbonyl (C=O) groups is 1. The zero-order valence-corrected chi connectivity index (χ0v) is 10.9. The standard InChI is InChI=1S/C13H12FNO2S/c1-8(16)5-10-7-18-13(15-10)11-6-9(14)3-4-12(11)17-2/h3-4,6-7H,5H2,1-2H3. The summed E-state index contributed by atoms with van der Waals surface area (Å²) in [7, 11) is 1.53. The van der Waals surface area contributed by atoms with E-state index in [0.29, 0.717) is 28.4 Å². The largest absolute Gasteiger partial charge is 0.496 e. The Hall–Kier alpha value is -1.75. The zero-order valence-electron chi connectivity index (χ0n) is 10.1. The predicted molar refractivity (Wildman–Crippen MR) is 68.4 cm³/mol. The summed E-state index contributed by atoms with van der Waals surface area (Å²) in [5, 5.41) is 2.46. The van der Waals surface area contributed by atoms with Crippen LogP contribution in [0, 0.1) is 5.82 Å². The molecule has 1 aromatic heterocycles. The molecule has 94 valence electrons. The van der Waals surface area contributed by atoms with E-state index in [1.165, 1.54) is 37.5 Å². The third kappa shape index (κ3) is 2.73. The number of rotatable bonds is 4. The van der Waals surface area contributed by atoms with Gasteiger partial charge in [-0.25, -0.2) is 9.37 Å². The Labute approximate surface area is 108 Å². The lowest BCUT2D eigenvalue weighted by atomic mass is 10.2. The van der Waals surface area contributed by atoms with Gasteiger partial charge in [-0.05, 0) is 25.1 Å². The van der Waals surface area contributed by atoms with Gasteiger partial charge < -0.3 is 4.74 Å². The van der Waals surface area contributed by atoms with Crippen molar-refractivity contribution in [2.24, 2.45) is 0 Å². The third-order valence-electron chi connectivity index (χ3n) is 2.37. The molecule has 0 fully saturated rings. The van der Waals surface area contributed by atoms with E-state index in [4.69, 9.17) is 4.74 Å². The molecule has 0 saturated carbocycles. The summed E-state index contributed by atoms with van der Waals surface area (Å²) < 4.78 is 18.4. The molecule has 0 aliphatic heterocycles. The smallest absolute Gasteiger partial charge is 0.135 e. The molecule has 2 rings (SSSR count). The average Bonchev–Trinajstić information content (AvgIpc) is 2.76. The highest BCUT2D eigenvalue weighted by atomic mass is 32.1. The molecule has 0 spiro atoms. The van der Waals surface area contributed by atoms with Gasteiger partial charge in [0.2, 0.25) is 0 Å². The van der Waals surface area contributed by atoms with Crippen LogP contribution in [-0.2, 0) is 11.2 Å². The zero-order chi connectivity index (χ0) is 13.1. The van der Waals surface area contributed by atoms with Gasteiger partial charge in [0.1, 0.15) is 22.4 Å². The maximum absolute atomic E-state index is 13.3. The number of halogens is 1. The summed E-state index contributed by atoms with van der Waals surface area (Å²) in [4.78, 5) is 15.3. The van der Waals surface area contributed by atoms with Crippen molar-refractivity contribution >= 4 is 17.1 Å². The highest BCUT2D eigenvalue weighted by molar-refractivity contribution is 7.13. The summed E-state index contributed by atoms with van der Waals surface area (Å²) in [6.07, 6.45) is 0.300. The summed E-state index contributed by atoms with van der Waals surface area (Å²) in [6.45, 7) is 1.52. The first-order valence-corrected chi connectivity index (χ1v) is 6.26. The van der Waals surface area contributed by atoms with Crippen molar-refractivity contribution in [1.29, 1.82) is 0 Å². The van der Waals surface area contributed by atoms with Crippen LogP contribution < -0.4 is 4.74 Å². The summed E-state index contributed by atoms with van der Waals surface area (Å²) in [5.41, 5.74) is 1.31. The second-order valence-corrected chi connectivity index (χ2v) is 4.73. The maximum atomic E-state index is 13.3. The molecule has 0 N–H and O–H groups in total. The van der Waals surface area contributed by atoms with Crippen LogP contribution in [0.4, 0.5) is 4.39 Å². The minimum Gasteiger partial charge on any atom is -0.496 e. The number of methoxy groups -OCH3 is 1. The molecule has 0 bridgehead atoms. The Bertz CT molecular complexity index is 580. The van der Waals surface area contributed by atoms with Gasteiger partial charge in [0, 0.05) is 11.8 Å². The molecule has 2 aromatic rings. The van der Waals surface area contributed by atoms with E-state index in [-0.39, 0.29) is 11.6 Å². The van der Waals surface area contributed by atoms with E-state index in [0.717, 1.165) is 0 Å². The van der Waals surface area contributed by atoms with Gasteiger partial charge in [-0.3, -0.25) is 4.79 Å². The quantitative estimate of drug-likeness (QED) is 0.852. The van der Waals surface area contributed by atoms with Crippen LogP contribution in [-0.4, -0.2) is 17.9 Å². The van der Waals surface area contributed by atoms with E-state index >= 15 is 0 Å². The van der Waals surface area contributed by atoms with Crippen LogP contribution >= 0.6 is 11.3 Å². The highest BCUT2D eigenvalue weighted by Crippen LogP contribution is 2.32. The number of hydrogen-bond donors (Lipinski definition) is 0. The molecule has 18 heavy (non-hydrogen) atoms. The van der Waals surface area contributed by atoms with Crippen molar-refractivity contribution in [1.82, 2.24) is 4.98 Å². The van der Waals surface area contributed by atoms with E-state index in [1.54, 1.807) is 11.4 Å². The molecular formula is C13H12FNO2S. The minimum absolute atomic E-state index is 0.0538. The fourth-order valence-electron chi connectivity index (χ4n) is 1.61. The second-order valence-electron chi connectivity index (χ2n) is 3.87. The van der Waals surface area contributed by atoms with Crippen LogP contribution in [0.5, 0.6) is 5.75 Å². The van der Waals surface area contributed by atoms with Gasteiger partial charge in [-0.15, -0.1) is 11.3 Å². The van der Waals surface area contributed by atoms with E-state index in [9.17, 15) is 9.18 Å². The van der Waals surface area contributed by atoms with Crippen LogP contribution in [0.1, 0.15) is 12.6 Å². The molecule has 0 radical (unpaired) electrons. The van der Waals surface area contributed by atoms with Crippen LogP contribution in [0.15, 0.2) is 23.6 Å². The lowest BCUT2D eigenvalue weighted by molar-refractivity contribution is -0.116. The van der Waals surface area contributed by atoms with Gasteiger partial charge in [-0.2, -0.15) is 0 Å². The van der Waals surface area contributed by atoms with Crippen molar-refractivity contribution < 1.29 is 13.9 Å². The van der Waals surface area contributed by atoms with Gasteiger partial charge in [0.05, 0.1) is 18.4 Å². The van der Waals surface area contributed by atoms with E-state index < -0.39 is 0 Å². The van der Waals surface area contributed by atoms with Gasteiger partial charge in [0.15, 0.2) is 0 Å². The Morgan fingerprint density at radius 3 is 2.94 bits per heavy atom. The fraction of sp³-hybridized carbons (Fsp3) is 0.231. The minimum atomic E-state index is -0.339. The van der Waals surface area contributed by atoms with E-state index in [2.05, 4.69) is 4.98 Å². The van der Waals surface area contributed by atoms with Crippen molar-refractivity contribution in [3.05, 3.63) is 35.1 Å². The first-order valence-electron chi connectivity index (χ1n) is 5.38. The molecule has 0 saturated heterocycles. The van der Waals surface area contributed by atoms with Crippen LogP contribution in [0.25, 0.3) is 10.6 Å². The number of benzene rings is 1. The van der Waals surface area contributed by atoms with Crippen molar-refractivity contribution in [2.45, 2.75) is 13.3 Å². The summed E-state index contributed by atoms with van der Waals surface area (Å²) in [6, 6.07) is 4.29. The Morgan fingerprint density at radius 1 is 1.50 bits per heavy atom. The monoisotopic (exact) mass is 265 g/mol. The number of ether oxygens (including phenoxy) is 1. The topological polar surface area (TPSA) is 39.2 Å².